The number of nitrogens with one attached hydrogen (secondary N) is 3. The van der Waals surface area contributed by atoms with Crippen molar-refractivity contribution in [3.8, 4) is 0 Å². The number of hydrogen-bond donors (Lipinski definition) is 3. The largest absolute Gasteiger partial charge is 0.357 e. The molecule has 1 amide bonds. The molecule has 0 heterocycles. The third-order valence-electron chi connectivity index (χ3n) is 4.84. The van der Waals surface area contributed by atoms with Crippen molar-refractivity contribution in [3.63, 3.8) is 0 Å². The molecule has 0 aromatic heterocycles. The van der Waals surface area contributed by atoms with Gasteiger partial charge in [0.1, 0.15) is 0 Å². The first-order chi connectivity index (χ1) is 13.8. The van der Waals surface area contributed by atoms with Gasteiger partial charge in [0, 0.05) is 31.5 Å². The molecule has 0 radical (unpaired) electrons. The number of carbonyl (C=O) groups excluding carboxylic acids is 1. The van der Waals surface area contributed by atoms with Gasteiger partial charge in [-0.2, -0.15) is 0 Å². The Labute approximate surface area is 167 Å². The van der Waals surface area contributed by atoms with Crippen molar-refractivity contribution in [1.29, 1.82) is 0 Å². The van der Waals surface area contributed by atoms with E-state index >= 15 is 0 Å². The zero-order valence-corrected chi connectivity index (χ0v) is 16.5. The van der Waals surface area contributed by atoms with E-state index in [9.17, 15) is 4.79 Å². The van der Waals surface area contributed by atoms with Crippen molar-refractivity contribution in [1.82, 2.24) is 16.0 Å². The van der Waals surface area contributed by atoms with Crippen LogP contribution >= 0.6 is 0 Å². The van der Waals surface area contributed by atoms with Crippen LogP contribution < -0.4 is 16.0 Å². The fourth-order valence-electron chi connectivity index (χ4n) is 3.15. The fraction of sp³-hybridized carbons (Fsp3) is 0.391. The van der Waals surface area contributed by atoms with Crippen LogP contribution in [-0.2, 0) is 4.79 Å². The normalized spacial score (nSPS) is 14.0. The summed E-state index contributed by atoms with van der Waals surface area (Å²) in [5.74, 6) is 1.41. The maximum Gasteiger partial charge on any atom is 0.223 e. The summed E-state index contributed by atoms with van der Waals surface area (Å²) in [6.45, 7) is 4.77. The predicted molar refractivity (Wildman–Crippen MR) is 114 cm³/mol. The summed E-state index contributed by atoms with van der Waals surface area (Å²) in [6.07, 6.45) is 2.06. The lowest BCUT2D eigenvalue weighted by Crippen LogP contribution is -2.42. The smallest absolute Gasteiger partial charge is 0.223 e. The predicted octanol–water partition coefficient (Wildman–Crippen LogP) is 2.90. The van der Waals surface area contributed by atoms with Gasteiger partial charge in [0.25, 0.3) is 0 Å². The molecule has 3 rings (SSSR count). The lowest BCUT2D eigenvalue weighted by molar-refractivity contribution is -0.122. The molecular weight excluding hydrogens is 348 g/mol. The Morgan fingerprint density at radius 3 is 2.04 bits per heavy atom. The Bertz CT molecular complexity index is 717. The van der Waals surface area contributed by atoms with Crippen molar-refractivity contribution in [3.05, 3.63) is 71.8 Å². The number of rotatable bonds is 9. The summed E-state index contributed by atoms with van der Waals surface area (Å²) >= 11 is 0. The van der Waals surface area contributed by atoms with Gasteiger partial charge in [-0.05, 0) is 30.9 Å². The number of amides is 1. The highest BCUT2D eigenvalue weighted by atomic mass is 16.2. The SMILES string of the molecule is CCNC(=NCC(c1ccccc1)c1ccccc1)NCCNC(=O)C1CC1. The van der Waals surface area contributed by atoms with Crippen LogP contribution in [0.3, 0.4) is 0 Å². The number of carbonyl (C=O) groups is 1. The summed E-state index contributed by atoms with van der Waals surface area (Å²) in [7, 11) is 0. The Hall–Kier alpha value is -2.82. The highest BCUT2D eigenvalue weighted by Gasteiger charge is 2.28. The molecule has 0 unspecified atom stereocenters. The molecule has 5 heteroatoms. The lowest BCUT2D eigenvalue weighted by atomic mass is 9.91. The molecule has 5 nitrogen and oxygen atoms in total. The van der Waals surface area contributed by atoms with Crippen LogP contribution in [0.15, 0.2) is 65.7 Å². The molecule has 3 N–H and O–H groups in total. The Balaban J connectivity index is 1.61. The molecule has 1 aliphatic rings. The summed E-state index contributed by atoms with van der Waals surface area (Å²) in [6, 6.07) is 21.0. The minimum absolute atomic E-state index is 0.178. The van der Waals surface area contributed by atoms with Crippen molar-refractivity contribution in [2.45, 2.75) is 25.7 Å². The second kappa shape index (κ2) is 10.5. The lowest BCUT2D eigenvalue weighted by Gasteiger charge is -2.18. The van der Waals surface area contributed by atoms with Crippen molar-refractivity contribution < 1.29 is 4.79 Å². The zero-order chi connectivity index (χ0) is 19.6. The molecule has 1 aliphatic carbocycles. The van der Waals surface area contributed by atoms with Gasteiger partial charge in [0.15, 0.2) is 5.96 Å². The van der Waals surface area contributed by atoms with E-state index in [2.05, 4.69) is 71.4 Å². The second-order valence-electron chi connectivity index (χ2n) is 7.09. The first-order valence-corrected chi connectivity index (χ1v) is 10.2. The van der Waals surface area contributed by atoms with Gasteiger partial charge < -0.3 is 16.0 Å². The van der Waals surface area contributed by atoms with Crippen LogP contribution in [0.25, 0.3) is 0 Å². The second-order valence-corrected chi connectivity index (χ2v) is 7.09. The van der Waals surface area contributed by atoms with Crippen molar-refractivity contribution in [2.75, 3.05) is 26.2 Å². The molecular formula is C23H30N4O. The van der Waals surface area contributed by atoms with E-state index in [1.54, 1.807) is 0 Å². The van der Waals surface area contributed by atoms with Crippen LogP contribution in [0.2, 0.25) is 0 Å². The van der Waals surface area contributed by atoms with E-state index in [1.807, 2.05) is 12.1 Å². The van der Waals surface area contributed by atoms with Gasteiger partial charge in [0.05, 0.1) is 6.54 Å². The Kier molecular flexibility index (Phi) is 7.47. The average Bonchev–Trinajstić information content (AvgIpc) is 3.58. The number of benzene rings is 2. The minimum atomic E-state index is 0.178. The third-order valence-corrected chi connectivity index (χ3v) is 4.84. The first-order valence-electron chi connectivity index (χ1n) is 10.2. The highest BCUT2D eigenvalue weighted by Crippen LogP contribution is 2.28. The first kappa shape index (κ1) is 19.9. The van der Waals surface area contributed by atoms with Gasteiger partial charge in [-0.15, -0.1) is 0 Å². The molecule has 0 spiro atoms. The van der Waals surface area contributed by atoms with E-state index in [-0.39, 0.29) is 17.7 Å². The fourth-order valence-corrected chi connectivity index (χ4v) is 3.15. The topological polar surface area (TPSA) is 65.5 Å². The van der Waals surface area contributed by atoms with E-state index in [0.717, 1.165) is 25.3 Å². The van der Waals surface area contributed by atoms with Gasteiger partial charge in [-0.3, -0.25) is 9.79 Å². The maximum absolute atomic E-state index is 11.7. The van der Waals surface area contributed by atoms with Crippen LogP contribution in [0.4, 0.5) is 0 Å². The van der Waals surface area contributed by atoms with Crippen molar-refractivity contribution >= 4 is 11.9 Å². The molecule has 2 aromatic carbocycles. The Morgan fingerprint density at radius 2 is 1.50 bits per heavy atom. The summed E-state index contributed by atoms with van der Waals surface area (Å²) in [5.41, 5.74) is 2.51. The van der Waals surface area contributed by atoms with Crippen LogP contribution in [0.1, 0.15) is 36.8 Å². The van der Waals surface area contributed by atoms with Gasteiger partial charge >= 0.3 is 0 Å². The zero-order valence-electron chi connectivity index (χ0n) is 16.5. The minimum Gasteiger partial charge on any atom is -0.357 e. The molecule has 28 heavy (non-hydrogen) atoms. The van der Waals surface area contributed by atoms with Gasteiger partial charge in [0.2, 0.25) is 5.91 Å². The van der Waals surface area contributed by atoms with Crippen LogP contribution in [0.5, 0.6) is 0 Å². The van der Waals surface area contributed by atoms with Crippen LogP contribution in [-0.4, -0.2) is 38.0 Å². The molecule has 0 aliphatic heterocycles. The van der Waals surface area contributed by atoms with Gasteiger partial charge in [-0.25, -0.2) is 0 Å². The summed E-state index contributed by atoms with van der Waals surface area (Å²) < 4.78 is 0. The van der Waals surface area contributed by atoms with Crippen LogP contribution in [0, 0.1) is 5.92 Å². The Morgan fingerprint density at radius 1 is 0.929 bits per heavy atom. The highest BCUT2D eigenvalue weighted by molar-refractivity contribution is 5.81. The summed E-state index contributed by atoms with van der Waals surface area (Å²) in [5, 5.41) is 9.58. The molecule has 148 valence electrons. The quantitative estimate of drug-likeness (QED) is 0.357. The molecule has 0 saturated heterocycles. The van der Waals surface area contributed by atoms with E-state index in [1.165, 1.54) is 11.1 Å². The monoisotopic (exact) mass is 378 g/mol. The molecule has 0 bridgehead atoms. The van der Waals surface area contributed by atoms with Crippen molar-refractivity contribution in [2.24, 2.45) is 10.9 Å². The molecule has 0 atom stereocenters. The number of nitrogens with zero attached hydrogens (tertiary/aromatic N) is 1. The summed E-state index contributed by atoms with van der Waals surface area (Å²) in [4.78, 5) is 16.5. The number of hydrogen-bond acceptors (Lipinski definition) is 2. The molecule has 1 saturated carbocycles. The number of aliphatic imine (C=N–C) groups is 1. The molecule has 2 aromatic rings. The average molecular weight is 379 g/mol. The molecule has 1 fully saturated rings. The van der Waals surface area contributed by atoms with E-state index in [4.69, 9.17) is 4.99 Å². The number of guanidine groups is 1. The third kappa shape index (κ3) is 6.12. The van der Waals surface area contributed by atoms with E-state index in [0.29, 0.717) is 19.6 Å². The van der Waals surface area contributed by atoms with E-state index < -0.39 is 0 Å². The maximum atomic E-state index is 11.7. The standard InChI is InChI=1S/C23H30N4O/c1-2-24-23(26-16-15-25-22(28)20-13-14-20)27-17-21(18-9-5-3-6-10-18)19-11-7-4-8-12-19/h3-12,20-21H,2,13-17H2,1H3,(H,25,28)(H2,24,26,27). The van der Waals surface area contributed by atoms with Gasteiger partial charge in [-0.1, -0.05) is 60.7 Å².